The topological polar surface area (TPSA) is 69.4 Å². The molecule has 14 heavy (non-hydrogen) atoms. The third-order valence-electron chi connectivity index (χ3n) is 1.64. The van der Waals surface area contributed by atoms with Crippen LogP contribution < -0.4 is 4.74 Å². The van der Waals surface area contributed by atoms with Crippen molar-refractivity contribution in [1.29, 1.82) is 0 Å². The number of rotatable bonds is 2. The zero-order valence-corrected chi connectivity index (χ0v) is 7.95. The van der Waals surface area contributed by atoms with E-state index in [0.29, 0.717) is 0 Å². The van der Waals surface area contributed by atoms with Crippen molar-refractivity contribution in [2.24, 2.45) is 0 Å². The van der Waals surface area contributed by atoms with Gasteiger partial charge in [0.2, 0.25) is 0 Å². The summed E-state index contributed by atoms with van der Waals surface area (Å²) in [7, 11) is 0. The molecule has 1 rings (SSSR count). The minimum atomic E-state index is -1.02. The number of carbonyl (C=O) groups is 1. The van der Waals surface area contributed by atoms with Gasteiger partial charge in [0, 0.05) is 17.7 Å². The predicted molar refractivity (Wildman–Crippen MR) is 49.7 cm³/mol. The van der Waals surface area contributed by atoms with Gasteiger partial charge in [0.05, 0.1) is 10.5 Å². The van der Waals surface area contributed by atoms with Crippen molar-refractivity contribution in [2.75, 3.05) is 0 Å². The Hall–Kier alpha value is -1.62. The highest BCUT2D eigenvalue weighted by Crippen LogP contribution is 2.27. The number of nitro groups is 1. The van der Waals surface area contributed by atoms with E-state index in [4.69, 9.17) is 11.6 Å². The first-order valence-electron chi connectivity index (χ1n) is 3.63. The van der Waals surface area contributed by atoms with E-state index in [9.17, 15) is 14.9 Å². The van der Waals surface area contributed by atoms with E-state index in [0.717, 1.165) is 0 Å². The van der Waals surface area contributed by atoms with Crippen LogP contribution in [0.4, 0.5) is 10.5 Å². The molecule has 0 heterocycles. The molecule has 0 bridgehead atoms. The SMILES string of the molecule is Cc1c(OC(=O)Cl)cccc1[N+](=O)[O-]. The zero-order chi connectivity index (χ0) is 10.7. The van der Waals surface area contributed by atoms with Crippen LogP contribution in [0.5, 0.6) is 5.75 Å². The quantitative estimate of drug-likeness (QED) is 0.432. The molecule has 0 radical (unpaired) electrons. The third kappa shape index (κ3) is 2.20. The Bertz CT molecular complexity index is 391. The van der Waals surface area contributed by atoms with Crippen LogP contribution in [-0.4, -0.2) is 10.4 Å². The van der Waals surface area contributed by atoms with E-state index < -0.39 is 10.4 Å². The number of hydrogen-bond acceptors (Lipinski definition) is 4. The van der Waals surface area contributed by atoms with Crippen LogP contribution >= 0.6 is 11.6 Å². The van der Waals surface area contributed by atoms with Crippen LogP contribution in [0.2, 0.25) is 0 Å². The summed E-state index contributed by atoms with van der Waals surface area (Å²) in [5.41, 5.74) is -0.861. The number of nitrogens with zero attached hydrogens (tertiary/aromatic N) is 1. The number of nitro benzene ring substituents is 1. The van der Waals surface area contributed by atoms with E-state index in [-0.39, 0.29) is 17.0 Å². The number of ether oxygens (including phenoxy) is 1. The molecule has 0 spiro atoms. The first-order valence-corrected chi connectivity index (χ1v) is 4.01. The van der Waals surface area contributed by atoms with Crippen molar-refractivity contribution < 1.29 is 14.5 Å². The summed E-state index contributed by atoms with van der Waals surface area (Å²) >= 11 is 4.99. The van der Waals surface area contributed by atoms with Gasteiger partial charge in [-0.2, -0.15) is 0 Å². The molecule has 1 aromatic rings. The maximum atomic E-state index is 10.5. The van der Waals surface area contributed by atoms with E-state index >= 15 is 0 Å². The molecule has 74 valence electrons. The lowest BCUT2D eigenvalue weighted by Crippen LogP contribution is -2.00. The maximum Gasteiger partial charge on any atom is 0.409 e. The summed E-state index contributed by atoms with van der Waals surface area (Å²) in [6, 6.07) is 4.17. The average Bonchev–Trinajstić information content (AvgIpc) is 2.07. The highest BCUT2D eigenvalue weighted by atomic mass is 35.5. The van der Waals surface area contributed by atoms with Gasteiger partial charge < -0.3 is 4.74 Å². The molecule has 0 aromatic heterocycles. The van der Waals surface area contributed by atoms with Crippen molar-refractivity contribution in [3.8, 4) is 5.75 Å². The molecule has 0 N–H and O–H groups in total. The molecule has 0 aliphatic rings. The molecular weight excluding hydrogens is 210 g/mol. The van der Waals surface area contributed by atoms with Crippen molar-refractivity contribution in [1.82, 2.24) is 0 Å². The predicted octanol–water partition coefficient (Wildman–Crippen LogP) is 2.64. The smallest absolute Gasteiger partial charge is 0.409 e. The van der Waals surface area contributed by atoms with E-state index in [1.54, 1.807) is 0 Å². The highest BCUT2D eigenvalue weighted by molar-refractivity contribution is 6.61. The Morgan fingerprint density at radius 2 is 2.21 bits per heavy atom. The van der Waals surface area contributed by atoms with Gasteiger partial charge in [0.15, 0.2) is 0 Å². The number of halogens is 1. The van der Waals surface area contributed by atoms with Gasteiger partial charge in [-0.05, 0) is 13.0 Å². The lowest BCUT2D eigenvalue weighted by molar-refractivity contribution is -0.385. The van der Waals surface area contributed by atoms with Crippen LogP contribution in [0, 0.1) is 17.0 Å². The normalized spacial score (nSPS) is 9.57. The van der Waals surface area contributed by atoms with Crippen LogP contribution in [0.15, 0.2) is 18.2 Å². The van der Waals surface area contributed by atoms with Crippen LogP contribution in [0.25, 0.3) is 0 Å². The van der Waals surface area contributed by atoms with Crippen molar-refractivity contribution in [2.45, 2.75) is 6.92 Å². The average molecular weight is 216 g/mol. The summed E-state index contributed by atoms with van der Waals surface area (Å²) in [4.78, 5) is 20.4. The van der Waals surface area contributed by atoms with E-state index in [1.807, 2.05) is 0 Å². The summed E-state index contributed by atoms with van der Waals surface area (Å²) in [6.07, 6.45) is 0. The molecule has 0 aliphatic heterocycles. The fraction of sp³-hybridized carbons (Fsp3) is 0.125. The molecule has 0 unspecified atom stereocenters. The Balaban J connectivity index is 3.13. The van der Waals surface area contributed by atoms with Crippen LogP contribution in [0.1, 0.15) is 5.56 Å². The second-order valence-electron chi connectivity index (χ2n) is 2.50. The first-order chi connectivity index (χ1) is 6.52. The van der Waals surface area contributed by atoms with Crippen LogP contribution in [0.3, 0.4) is 0 Å². The second kappa shape index (κ2) is 4.06. The maximum absolute atomic E-state index is 10.5. The molecule has 0 atom stereocenters. The number of benzene rings is 1. The molecule has 6 heteroatoms. The minimum absolute atomic E-state index is 0.0965. The fourth-order valence-corrected chi connectivity index (χ4v) is 1.08. The Morgan fingerprint density at radius 1 is 1.57 bits per heavy atom. The van der Waals surface area contributed by atoms with Gasteiger partial charge in [-0.15, -0.1) is 0 Å². The first kappa shape index (κ1) is 10.5. The highest BCUT2D eigenvalue weighted by Gasteiger charge is 2.15. The molecule has 0 saturated heterocycles. The van der Waals surface area contributed by atoms with Crippen molar-refractivity contribution in [3.63, 3.8) is 0 Å². The number of hydrogen-bond donors (Lipinski definition) is 0. The Labute approximate surface area is 84.4 Å². The summed E-state index contributed by atoms with van der Waals surface area (Å²) < 4.78 is 4.56. The van der Waals surface area contributed by atoms with Gasteiger partial charge in [0.1, 0.15) is 5.75 Å². The second-order valence-corrected chi connectivity index (χ2v) is 2.81. The van der Waals surface area contributed by atoms with Gasteiger partial charge in [0.25, 0.3) is 5.69 Å². The molecule has 5 nitrogen and oxygen atoms in total. The Morgan fingerprint density at radius 3 is 2.71 bits per heavy atom. The van der Waals surface area contributed by atoms with Gasteiger partial charge in [-0.25, -0.2) is 4.79 Å². The standard InChI is InChI=1S/C8H6ClNO4/c1-5-6(10(12)13)3-2-4-7(5)14-8(9)11/h2-4H,1H3. The van der Waals surface area contributed by atoms with Gasteiger partial charge >= 0.3 is 5.43 Å². The Kier molecular flexibility index (Phi) is 3.03. The van der Waals surface area contributed by atoms with Crippen molar-refractivity contribution in [3.05, 3.63) is 33.9 Å². The van der Waals surface area contributed by atoms with Crippen molar-refractivity contribution >= 4 is 22.7 Å². The summed E-state index contributed by atoms with van der Waals surface area (Å²) in [6.45, 7) is 1.48. The monoisotopic (exact) mass is 215 g/mol. The lowest BCUT2D eigenvalue weighted by Gasteiger charge is -2.03. The molecule has 0 aliphatic carbocycles. The molecular formula is C8H6ClNO4. The summed E-state index contributed by atoms with van der Waals surface area (Å²) in [5, 5.41) is 10.5. The fourth-order valence-electron chi connectivity index (χ4n) is 0.998. The molecule has 0 saturated carbocycles. The largest absolute Gasteiger partial charge is 0.414 e. The zero-order valence-electron chi connectivity index (χ0n) is 7.19. The molecule has 1 aromatic carbocycles. The van der Waals surface area contributed by atoms with Gasteiger partial charge in [-0.1, -0.05) is 6.07 Å². The van der Waals surface area contributed by atoms with E-state index in [2.05, 4.69) is 4.74 Å². The third-order valence-corrected chi connectivity index (χ3v) is 1.72. The summed E-state index contributed by atoms with van der Waals surface area (Å²) in [5.74, 6) is 0.0965. The lowest BCUT2D eigenvalue weighted by atomic mass is 10.2. The van der Waals surface area contributed by atoms with Crippen LogP contribution in [-0.2, 0) is 0 Å². The van der Waals surface area contributed by atoms with Gasteiger partial charge in [-0.3, -0.25) is 10.1 Å². The molecule has 0 fully saturated rings. The minimum Gasteiger partial charge on any atom is -0.414 e. The van der Waals surface area contributed by atoms with E-state index in [1.165, 1.54) is 25.1 Å². The number of carbonyl (C=O) groups excluding carboxylic acids is 1. The molecule has 0 amide bonds.